The predicted molar refractivity (Wildman–Crippen MR) is 51.8 cm³/mol. The van der Waals surface area contributed by atoms with Gasteiger partial charge in [0.25, 0.3) is 0 Å². The van der Waals surface area contributed by atoms with Gasteiger partial charge in [0.2, 0.25) is 5.96 Å². The second kappa shape index (κ2) is 4.20. The van der Waals surface area contributed by atoms with E-state index >= 15 is 0 Å². The van der Waals surface area contributed by atoms with Crippen LogP contribution in [-0.2, 0) is 0 Å². The number of nitrogens with one attached hydrogen (secondary N) is 1. The van der Waals surface area contributed by atoms with Gasteiger partial charge in [0, 0.05) is 25.6 Å². The first-order valence-electron chi connectivity index (χ1n) is 3.69. The second-order valence-electron chi connectivity index (χ2n) is 2.35. The van der Waals surface area contributed by atoms with Crippen molar-refractivity contribution in [2.45, 2.75) is 0 Å². The predicted octanol–water partition coefficient (Wildman–Crippen LogP) is 0.770. The third kappa shape index (κ3) is 2.26. The summed E-state index contributed by atoms with van der Waals surface area (Å²) in [6, 6.07) is 0. The summed E-state index contributed by atoms with van der Waals surface area (Å²) in [5.41, 5.74) is 0. The number of hydrogen-bond donors (Lipinski definition) is 1. The zero-order valence-electron chi connectivity index (χ0n) is 7.38. The summed E-state index contributed by atoms with van der Waals surface area (Å²) in [7, 11) is 1.73. The van der Waals surface area contributed by atoms with Gasteiger partial charge in [0.1, 0.15) is 6.33 Å². The molecule has 68 valence electrons. The van der Waals surface area contributed by atoms with Crippen LogP contribution in [-0.4, -0.2) is 33.8 Å². The van der Waals surface area contributed by atoms with Gasteiger partial charge in [-0.05, 0) is 0 Å². The van der Waals surface area contributed by atoms with Gasteiger partial charge in [-0.25, -0.2) is 9.98 Å². The SMILES string of the molecule is C=CN=CN(C)C(=N)n1ccnc1. The van der Waals surface area contributed by atoms with E-state index in [0.29, 0.717) is 0 Å². The Morgan fingerprint density at radius 3 is 3.08 bits per heavy atom. The zero-order chi connectivity index (χ0) is 9.68. The van der Waals surface area contributed by atoms with Crippen molar-refractivity contribution >= 4 is 12.3 Å². The largest absolute Gasteiger partial charge is 0.306 e. The Kier molecular flexibility index (Phi) is 2.97. The van der Waals surface area contributed by atoms with Crippen LogP contribution in [0.4, 0.5) is 0 Å². The second-order valence-corrected chi connectivity index (χ2v) is 2.35. The molecule has 0 saturated carbocycles. The van der Waals surface area contributed by atoms with Crippen LogP contribution in [0.1, 0.15) is 0 Å². The Morgan fingerprint density at radius 2 is 2.54 bits per heavy atom. The highest BCUT2D eigenvalue weighted by molar-refractivity contribution is 5.89. The Bertz CT molecular complexity index is 311. The fourth-order valence-electron chi connectivity index (χ4n) is 0.768. The highest BCUT2D eigenvalue weighted by Crippen LogP contribution is 1.89. The zero-order valence-corrected chi connectivity index (χ0v) is 7.38. The minimum atomic E-state index is 0.281. The van der Waals surface area contributed by atoms with Crippen LogP contribution >= 0.6 is 0 Å². The van der Waals surface area contributed by atoms with Crippen molar-refractivity contribution in [1.29, 1.82) is 5.41 Å². The van der Waals surface area contributed by atoms with E-state index in [-0.39, 0.29) is 5.96 Å². The Balaban J connectivity index is 2.68. The van der Waals surface area contributed by atoms with E-state index in [4.69, 9.17) is 5.41 Å². The fraction of sp³-hybridized carbons (Fsp3) is 0.125. The first-order valence-corrected chi connectivity index (χ1v) is 3.69. The number of aromatic nitrogens is 2. The van der Waals surface area contributed by atoms with Gasteiger partial charge in [-0.1, -0.05) is 6.58 Å². The van der Waals surface area contributed by atoms with E-state index in [1.54, 1.807) is 35.2 Å². The van der Waals surface area contributed by atoms with Gasteiger partial charge in [-0.2, -0.15) is 0 Å². The van der Waals surface area contributed by atoms with Crippen LogP contribution in [0, 0.1) is 5.41 Å². The lowest BCUT2D eigenvalue weighted by Crippen LogP contribution is -2.29. The van der Waals surface area contributed by atoms with Gasteiger partial charge in [0.15, 0.2) is 0 Å². The van der Waals surface area contributed by atoms with E-state index < -0.39 is 0 Å². The molecule has 1 aromatic rings. The highest BCUT2D eigenvalue weighted by atomic mass is 15.3. The van der Waals surface area contributed by atoms with Crippen molar-refractivity contribution in [3.05, 3.63) is 31.5 Å². The van der Waals surface area contributed by atoms with Crippen LogP contribution in [0.2, 0.25) is 0 Å². The van der Waals surface area contributed by atoms with Crippen LogP contribution in [0.25, 0.3) is 0 Å². The van der Waals surface area contributed by atoms with Gasteiger partial charge in [0.05, 0.1) is 6.34 Å². The third-order valence-electron chi connectivity index (χ3n) is 1.43. The number of nitrogens with zero attached hydrogens (tertiary/aromatic N) is 4. The van der Waals surface area contributed by atoms with Crippen molar-refractivity contribution in [3.8, 4) is 0 Å². The molecule has 0 unspecified atom stereocenters. The van der Waals surface area contributed by atoms with Gasteiger partial charge in [-0.15, -0.1) is 0 Å². The van der Waals surface area contributed by atoms with Crippen LogP contribution < -0.4 is 0 Å². The van der Waals surface area contributed by atoms with E-state index in [2.05, 4.69) is 16.6 Å². The maximum atomic E-state index is 7.65. The summed E-state index contributed by atoms with van der Waals surface area (Å²) in [5, 5.41) is 7.65. The molecule has 5 nitrogen and oxygen atoms in total. The fourth-order valence-corrected chi connectivity index (χ4v) is 0.768. The molecule has 0 aliphatic carbocycles. The summed E-state index contributed by atoms with van der Waals surface area (Å²) in [6.45, 7) is 3.44. The summed E-state index contributed by atoms with van der Waals surface area (Å²) >= 11 is 0. The molecule has 0 aliphatic rings. The van der Waals surface area contributed by atoms with Crippen LogP contribution in [0.5, 0.6) is 0 Å². The molecular weight excluding hydrogens is 166 g/mol. The lowest BCUT2D eigenvalue weighted by Gasteiger charge is -2.13. The summed E-state index contributed by atoms with van der Waals surface area (Å²) in [5.74, 6) is 0.281. The monoisotopic (exact) mass is 177 g/mol. The number of imidazole rings is 1. The Hall–Kier alpha value is -1.91. The molecule has 0 fully saturated rings. The molecule has 1 rings (SSSR count). The molecule has 0 aromatic carbocycles. The van der Waals surface area contributed by atoms with Crippen LogP contribution in [0.3, 0.4) is 0 Å². The minimum absolute atomic E-state index is 0.281. The number of hydrogen-bond acceptors (Lipinski definition) is 3. The lowest BCUT2D eigenvalue weighted by atomic mass is 10.7. The van der Waals surface area contributed by atoms with Crippen molar-refractivity contribution in [2.24, 2.45) is 4.99 Å². The van der Waals surface area contributed by atoms with E-state index in [9.17, 15) is 0 Å². The standard InChI is InChI=1S/C8H11N5/c1-3-10-6-12(2)8(9)13-5-4-11-7-13/h3-7,9H,1H2,2H3. The molecule has 1 N–H and O–H groups in total. The molecule has 0 aliphatic heterocycles. The molecular formula is C8H11N5. The number of aliphatic imine (C=N–C) groups is 1. The average molecular weight is 177 g/mol. The van der Waals surface area contributed by atoms with E-state index in [1.165, 1.54) is 12.5 Å². The van der Waals surface area contributed by atoms with Crippen molar-refractivity contribution in [1.82, 2.24) is 14.5 Å². The van der Waals surface area contributed by atoms with Gasteiger partial charge >= 0.3 is 0 Å². The van der Waals surface area contributed by atoms with Crippen molar-refractivity contribution in [3.63, 3.8) is 0 Å². The van der Waals surface area contributed by atoms with Gasteiger partial charge in [-0.3, -0.25) is 9.98 Å². The third-order valence-corrected chi connectivity index (χ3v) is 1.43. The maximum Gasteiger partial charge on any atom is 0.208 e. The molecule has 5 heteroatoms. The number of rotatable bonds is 2. The summed E-state index contributed by atoms with van der Waals surface area (Å²) in [4.78, 5) is 9.19. The molecule has 0 saturated heterocycles. The van der Waals surface area contributed by atoms with Crippen molar-refractivity contribution in [2.75, 3.05) is 7.05 Å². The molecule has 0 atom stereocenters. The van der Waals surface area contributed by atoms with E-state index in [0.717, 1.165) is 0 Å². The average Bonchev–Trinajstić information content (AvgIpc) is 2.65. The molecule has 0 radical (unpaired) electrons. The highest BCUT2D eigenvalue weighted by Gasteiger charge is 2.01. The minimum Gasteiger partial charge on any atom is -0.306 e. The first kappa shape index (κ1) is 9.18. The van der Waals surface area contributed by atoms with Crippen molar-refractivity contribution < 1.29 is 0 Å². The van der Waals surface area contributed by atoms with Gasteiger partial charge < -0.3 is 4.90 Å². The molecule has 0 spiro atoms. The molecule has 0 amide bonds. The first-order chi connectivity index (χ1) is 6.25. The normalized spacial score (nSPS) is 10.2. The Morgan fingerprint density at radius 1 is 1.77 bits per heavy atom. The smallest absolute Gasteiger partial charge is 0.208 e. The Labute approximate surface area is 76.5 Å². The van der Waals surface area contributed by atoms with Crippen LogP contribution in [0.15, 0.2) is 36.5 Å². The molecule has 1 heterocycles. The molecule has 0 bridgehead atoms. The molecule has 13 heavy (non-hydrogen) atoms. The van der Waals surface area contributed by atoms with E-state index in [1.807, 2.05) is 0 Å². The quantitative estimate of drug-likeness (QED) is 0.535. The topological polar surface area (TPSA) is 57.3 Å². The lowest BCUT2D eigenvalue weighted by molar-refractivity contribution is 0.723. The maximum absolute atomic E-state index is 7.65. The molecule has 1 aromatic heterocycles. The summed E-state index contributed by atoms with van der Waals surface area (Å²) < 4.78 is 1.58. The summed E-state index contributed by atoms with van der Waals surface area (Å²) in [6.07, 6.45) is 7.79.